The number of unbranched alkanes of at least 4 members (excludes halogenated alkanes) is 23. The number of phosphoric acid groups is 1. The maximum Gasteiger partial charge on any atom is 0.472 e. The minimum Gasteiger partial charge on any atom is -0.457 e. The monoisotopic (exact) mass is 810 g/mol. The van der Waals surface area contributed by atoms with Gasteiger partial charge < -0.3 is 20.1 Å². The molecule has 56 heavy (non-hydrogen) atoms. The molecule has 0 heterocycles. The topological polar surface area (TPSA) is 117 Å². The van der Waals surface area contributed by atoms with Crippen molar-refractivity contribution in [2.45, 2.75) is 213 Å². The lowest BCUT2D eigenvalue weighted by Crippen LogP contribution is -2.28. The maximum atomic E-state index is 12.5. The van der Waals surface area contributed by atoms with Crippen molar-refractivity contribution < 1.29 is 32.8 Å². The van der Waals surface area contributed by atoms with Crippen LogP contribution in [0.3, 0.4) is 0 Å². The van der Waals surface area contributed by atoms with Crippen LogP contribution in [0.25, 0.3) is 0 Å². The second-order valence-electron chi connectivity index (χ2n) is 15.2. The van der Waals surface area contributed by atoms with Gasteiger partial charge in [0.05, 0.1) is 19.8 Å². The number of phosphoric ester groups is 1. The number of hydrogen-bond donors (Lipinski definition) is 2. The van der Waals surface area contributed by atoms with Gasteiger partial charge in [-0.15, -0.1) is 0 Å². The fourth-order valence-corrected chi connectivity index (χ4v) is 7.19. The van der Waals surface area contributed by atoms with E-state index in [-0.39, 0.29) is 32.8 Å². The number of carbonyl (C=O) groups excluding carboxylic acids is 1. The molecule has 0 radical (unpaired) electrons. The van der Waals surface area contributed by atoms with E-state index in [1.165, 1.54) is 141 Å². The van der Waals surface area contributed by atoms with Gasteiger partial charge in [0.25, 0.3) is 0 Å². The number of rotatable bonds is 44. The van der Waals surface area contributed by atoms with Crippen LogP contribution in [-0.4, -0.2) is 49.9 Å². The lowest BCUT2D eigenvalue weighted by molar-refractivity contribution is -0.154. The summed E-state index contributed by atoms with van der Waals surface area (Å²) in [6.07, 6.45) is 53.1. The zero-order valence-electron chi connectivity index (χ0n) is 36.4. The van der Waals surface area contributed by atoms with Crippen LogP contribution >= 0.6 is 7.82 Å². The Balaban J connectivity index is 3.94. The third-order valence-electron chi connectivity index (χ3n) is 9.77. The Hall–Kier alpha value is -1.54. The summed E-state index contributed by atoms with van der Waals surface area (Å²) >= 11 is 0. The summed E-state index contributed by atoms with van der Waals surface area (Å²) in [7, 11) is -4.29. The van der Waals surface area contributed by atoms with E-state index in [4.69, 9.17) is 24.3 Å². The first kappa shape index (κ1) is 54.5. The highest BCUT2D eigenvalue weighted by Gasteiger charge is 2.25. The van der Waals surface area contributed by atoms with E-state index in [9.17, 15) is 14.3 Å². The Bertz CT molecular complexity index is 999. The van der Waals surface area contributed by atoms with Crippen molar-refractivity contribution in [2.75, 3.05) is 33.0 Å². The molecule has 0 aliphatic rings. The molecule has 2 unspecified atom stereocenters. The van der Waals surface area contributed by atoms with Crippen LogP contribution in [0.4, 0.5) is 0 Å². The quantitative estimate of drug-likeness (QED) is 0.0270. The van der Waals surface area contributed by atoms with Crippen LogP contribution in [0, 0.1) is 0 Å². The van der Waals surface area contributed by atoms with Crippen molar-refractivity contribution in [2.24, 2.45) is 5.73 Å². The molecule has 0 amide bonds. The Kier molecular flexibility index (Phi) is 43.3. The molecule has 0 bridgehead atoms. The Morgan fingerprint density at radius 2 is 0.964 bits per heavy atom. The first-order chi connectivity index (χ1) is 27.4. The lowest BCUT2D eigenvalue weighted by atomic mass is 10.0. The predicted octanol–water partition coefficient (Wildman–Crippen LogP) is 14.0. The molecule has 8 nitrogen and oxygen atoms in total. The van der Waals surface area contributed by atoms with Gasteiger partial charge in [-0.05, 0) is 38.5 Å². The summed E-state index contributed by atoms with van der Waals surface area (Å²) < 4.78 is 33.3. The molecule has 3 N–H and O–H groups in total. The molecule has 0 spiro atoms. The number of carbonyl (C=O) groups is 1. The van der Waals surface area contributed by atoms with E-state index in [0.717, 1.165) is 38.5 Å². The van der Waals surface area contributed by atoms with Crippen LogP contribution in [0.2, 0.25) is 0 Å². The number of esters is 1. The highest BCUT2D eigenvalue weighted by molar-refractivity contribution is 7.47. The van der Waals surface area contributed by atoms with Gasteiger partial charge in [0.1, 0.15) is 6.10 Å². The molecule has 2 atom stereocenters. The zero-order chi connectivity index (χ0) is 40.9. The number of allylic oxidation sites excluding steroid dienone is 8. The first-order valence-corrected chi connectivity index (χ1v) is 24.6. The standard InChI is InChI=1S/C47H88NO7P/c1-3-5-7-9-11-13-15-17-18-19-20-21-22-23-24-25-26-27-29-31-33-35-37-39-42-52-44-46(45-54-56(50,51)53-43-41-48)55-47(49)40-38-36-34-32-30-28-16-14-12-10-8-6-4-2/h6,8,12,14,28,30,34,36,46H,3-5,7,9-11,13,15-27,29,31-33,35,37-45,48H2,1-2H3,(H,50,51)/b8-6-,14-12-,30-28-,36-34-. The Labute approximate surface area is 345 Å². The van der Waals surface area contributed by atoms with Crippen LogP contribution in [0.5, 0.6) is 0 Å². The molecule has 0 saturated carbocycles. The fraction of sp³-hybridized carbons (Fsp3) is 0.809. The molecule has 328 valence electrons. The van der Waals surface area contributed by atoms with Crippen LogP contribution < -0.4 is 5.73 Å². The number of ether oxygens (including phenoxy) is 2. The summed E-state index contributed by atoms with van der Waals surface area (Å²) in [5, 5.41) is 0. The normalized spacial score (nSPS) is 13.9. The van der Waals surface area contributed by atoms with Gasteiger partial charge in [0.15, 0.2) is 0 Å². The highest BCUT2D eigenvalue weighted by atomic mass is 31.2. The van der Waals surface area contributed by atoms with E-state index in [2.05, 4.69) is 50.3 Å². The van der Waals surface area contributed by atoms with Gasteiger partial charge >= 0.3 is 13.8 Å². The van der Waals surface area contributed by atoms with Crippen LogP contribution in [-0.2, 0) is 27.9 Å². The smallest absolute Gasteiger partial charge is 0.457 e. The number of nitrogens with two attached hydrogens (primary N) is 1. The zero-order valence-corrected chi connectivity index (χ0v) is 37.3. The second kappa shape index (κ2) is 44.6. The fourth-order valence-electron chi connectivity index (χ4n) is 6.42. The van der Waals surface area contributed by atoms with Gasteiger partial charge in [0, 0.05) is 19.6 Å². The first-order valence-electron chi connectivity index (χ1n) is 23.1. The molecule has 0 aliphatic carbocycles. The van der Waals surface area contributed by atoms with Gasteiger partial charge in [-0.25, -0.2) is 4.57 Å². The molecule has 0 rings (SSSR count). The SMILES string of the molecule is CC/C=C\C/C=C\C/C=C\C/C=C\CCC(=O)OC(COCCCCCCCCCCCCCCCCCCCCCCCCCC)COP(=O)(O)OCCN. The van der Waals surface area contributed by atoms with Crippen LogP contribution in [0.1, 0.15) is 206 Å². The Morgan fingerprint density at radius 3 is 1.39 bits per heavy atom. The van der Waals surface area contributed by atoms with Gasteiger partial charge in [-0.3, -0.25) is 13.8 Å². The minimum atomic E-state index is -4.29. The van der Waals surface area contributed by atoms with Crippen molar-refractivity contribution in [3.05, 3.63) is 48.6 Å². The Morgan fingerprint density at radius 1 is 0.554 bits per heavy atom. The van der Waals surface area contributed by atoms with Gasteiger partial charge in [-0.1, -0.05) is 210 Å². The highest BCUT2D eigenvalue weighted by Crippen LogP contribution is 2.43. The minimum absolute atomic E-state index is 0.0892. The molecular formula is C47H88NO7P. The molecule has 0 aromatic rings. The van der Waals surface area contributed by atoms with Crippen LogP contribution in [0.15, 0.2) is 48.6 Å². The summed E-state index contributed by atoms with van der Waals surface area (Å²) in [6.45, 7) is 4.73. The summed E-state index contributed by atoms with van der Waals surface area (Å²) in [4.78, 5) is 22.4. The van der Waals surface area contributed by atoms with E-state index < -0.39 is 19.9 Å². The maximum absolute atomic E-state index is 12.5. The molecule has 0 aliphatic heterocycles. The van der Waals surface area contributed by atoms with Crippen molar-refractivity contribution in [1.29, 1.82) is 0 Å². The lowest BCUT2D eigenvalue weighted by Gasteiger charge is -2.20. The summed E-state index contributed by atoms with van der Waals surface area (Å²) in [5.41, 5.74) is 5.36. The molecule has 9 heteroatoms. The second-order valence-corrected chi connectivity index (χ2v) is 16.7. The van der Waals surface area contributed by atoms with E-state index >= 15 is 0 Å². The van der Waals surface area contributed by atoms with E-state index in [0.29, 0.717) is 13.0 Å². The molecule has 0 fully saturated rings. The third-order valence-corrected chi connectivity index (χ3v) is 10.8. The van der Waals surface area contributed by atoms with Crippen molar-refractivity contribution in [1.82, 2.24) is 0 Å². The van der Waals surface area contributed by atoms with Gasteiger partial charge in [-0.2, -0.15) is 0 Å². The summed E-state index contributed by atoms with van der Waals surface area (Å²) in [6, 6.07) is 0. The molecule has 0 saturated heterocycles. The summed E-state index contributed by atoms with van der Waals surface area (Å²) in [5.74, 6) is -0.407. The number of hydrogen-bond acceptors (Lipinski definition) is 7. The molecule has 0 aromatic heterocycles. The van der Waals surface area contributed by atoms with Crippen molar-refractivity contribution >= 4 is 13.8 Å². The van der Waals surface area contributed by atoms with E-state index in [1.807, 2.05) is 12.2 Å². The van der Waals surface area contributed by atoms with Crippen molar-refractivity contribution in [3.8, 4) is 0 Å². The average Bonchev–Trinajstić information content (AvgIpc) is 3.19. The largest absolute Gasteiger partial charge is 0.472 e. The van der Waals surface area contributed by atoms with E-state index in [1.54, 1.807) is 0 Å². The molecular weight excluding hydrogens is 721 g/mol. The predicted molar refractivity (Wildman–Crippen MR) is 238 cm³/mol. The van der Waals surface area contributed by atoms with Crippen molar-refractivity contribution in [3.63, 3.8) is 0 Å². The molecule has 0 aromatic carbocycles. The van der Waals surface area contributed by atoms with Gasteiger partial charge in [0.2, 0.25) is 0 Å². The average molecular weight is 810 g/mol. The third kappa shape index (κ3) is 43.6.